The van der Waals surface area contributed by atoms with Gasteiger partial charge in [-0.25, -0.2) is 0 Å². The summed E-state index contributed by atoms with van der Waals surface area (Å²) in [5, 5.41) is 10.3. The number of aliphatic carboxylic acids is 1. The first kappa shape index (κ1) is 14.7. The third-order valence-corrected chi connectivity index (χ3v) is 4.76. The van der Waals surface area contributed by atoms with Crippen molar-refractivity contribution >= 4 is 52.1 Å². The monoisotopic (exact) mass is 334 g/mol. The van der Waals surface area contributed by atoms with Gasteiger partial charge in [0.05, 0.1) is 10.3 Å². The maximum Gasteiger partial charge on any atom is 0.312 e. The molecule has 1 heterocycles. The molecule has 0 bridgehead atoms. The lowest BCUT2D eigenvalue weighted by atomic mass is 9.98. The molecule has 0 saturated heterocycles. The van der Waals surface area contributed by atoms with Crippen molar-refractivity contribution < 1.29 is 9.90 Å². The zero-order valence-electron chi connectivity index (χ0n) is 9.57. The Morgan fingerprint density at radius 1 is 1.16 bits per heavy atom. The molecule has 1 aromatic carbocycles. The molecule has 0 aliphatic heterocycles. The predicted molar refractivity (Wildman–Crippen MR) is 79.9 cm³/mol. The van der Waals surface area contributed by atoms with Crippen molar-refractivity contribution in [2.75, 3.05) is 0 Å². The first-order chi connectivity index (χ1) is 8.99. The second kappa shape index (κ2) is 6.14. The smallest absolute Gasteiger partial charge is 0.312 e. The van der Waals surface area contributed by atoms with Crippen molar-refractivity contribution in [2.24, 2.45) is 0 Å². The minimum absolute atomic E-state index is 0.241. The molecule has 100 valence electrons. The maximum absolute atomic E-state index is 11.4. The zero-order valence-corrected chi connectivity index (χ0v) is 12.7. The van der Waals surface area contributed by atoms with Crippen molar-refractivity contribution in [3.8, 4) is 0 Å². The lowest BCUT2D eigenvalue weighted by Gasteiger charge is -2.13. The number of benzene rings is 1. The maximum atomic E-state index is 11.4. The molecule has 1 atom stereocenters. The molecule has 0 spiro atoms. The molecule has 0 amide bonds. The van der Waals surface area contributed by atoms with Crippen LogP contribution >= 0.6 is 46.1 Å². The summed E-state index contributed by atoms with van der Waals surface area (Å²) < 4.78 is 0.562. The van der Waals surface area contributed by atoms with Crippen LogP contribution in [-0.2, 0) is 11.2 Å². The molecule has 19 heavy (non-hydrogen) atoms. The molecule has 0 aliphatic rings. The minimum Gasteiger partial charge on any atom is -0.481 e. The first-order valence-corrected chi connectivity index (χ1v) is 7.35. The molecular weight excluding hydrogens is 327 g/mol. The van der Waals surface area contributed by atoms with Gasteiger partial charge in [-0.05, 0) is 36.2 Å². The predicted octanol–water partition coefficient (Wildman–Crippen LogP) is 5.12. The SMILES string of the molecule is O=C(O)C(Cc1c(Cl)cccc1Cl)c1ccc(Cl)s1. The van der Waals surface area contributed by atoms with E-state index in [0.717, 1.165) is 0 Å². The number of hydrogen-bond donors (Lipinski definition) is 1. The summed E-state index contributed by atoms with van der Waals surface area (Å²) in [6, 6.07) is 8.53. The van der Waals surface area contributed by atoms with Gasteiger partial charge in [-0.2, -0.15) is 0 Å². The van der Waals surface area contributed by atoms with E-state index in [-0.39, 0.29) is 6.42 Å². The normalized spacial score (nSPS) is 12.4. The van der Waals surface area contributed by atoms with Crippen LogP contribution in [0.25, 0.3) is 0 Å². The average Bonchev–Trinajstić information content (AvgIpc) is 2.74. The van der Waals surface area contributed by atoms with Gasteiger partial charge in [0.15, 0.2) is 0 Å². The van der Waals surface area contributed by atoms with Crippen LogP contribution in [0.15, 0.2) is 30.3 Å². The van der Waals surface area contributed by atoms with E-state index in [1.807, 2.05) is 0 Å². The quantitative estimate of drug-likeness (QED) is 0.842. The molecule has 0 aliphatic carbocycles. The molecule has 2 nitrogen and oxygen atoms in total. The summed E-state index contributed by atoms with van der Waals surface area (Å²) in [7, 11) is 0. The highest BCUT2D eigenvalue weighted by atomic mass is 35.5. The van der Waals surface area contributed by atoms with Gasteiger partial charge in [0.2, 0.25) is 0 Å². The summed E-state index contributed by atoms with van der Waals surface area (Å²) in [6.45, 7) is 0. The Morgan fingerprint density at radius 3 is 2.26 bits per heavy atom. The zero-order chi connectivity index (χ0) is 14.0. The summed E-state index contributed by atoms with van der Waals surface area (Å²) in [5.74, 6) is -1.62. The van der Waals surface area contributed by atoms with Gasteiger partial charge in [-0.3, -0.25) is 4.79 Å². The van der Waals surface area contributed by atoms with Gasteiger partial charge in [0.25, 0.3) is 0 Å². The molecule has 1 N–H and O–H groups in total. The third kappa shape index (κ3) is 3.42. The Balaban J connectivity index is 2.35. The summed E-state index contributed by atoms with van der Waals surface area (Å²) >= 11 is 19.2. The van der Waals surface area contributed by atoms with E-state index in [0.29, 0.717) is 24.8 Å². The van der Waals surface area contributed by atoms with Crippen molar-refractivity contribution in [2.45, 2.75) is 12.3 Å². The number of carboxylic acid groups (broad SMARTS) is 1. The minimum atomic E-state index is -0.922. The van der Waals surface area contributed by atoms with E-state index >= 15 is 0 Å². The Bertz CT molecular complexity index is 589. The molecule has 6 heteroatoms. The fourth-order valence-corrected chi connectivity index (χ4v) is 3.46. The highest BCUT2D eigenvalue weighted by molar-refractivity contribution is 7.16. The van der Waals surface area contributed by atoms with Crippen molar-refractivity contribution in [1.29, 1.82) is 0 Å². The van der Waals surface area contributed by atoms with Gasteiger partial charge in [-0.15, -0.1) is 11.3 Å². The van der Waals surface area contributed by atoms with Gasteiger partial charge in [0, 0.05) is 14.9 Å². The van der Waals surface area contributed by atoms with Crippen LogP contribution in [0.3, 0.4) is 0 Å². The number of rotatable bonds is 4. The van der Waals surface area contributed by atoms with E-state index in [4.69, 9.17) is 34.8 Å². The van der Waals surface area contributed by atoms with Crippen LogP contribution < -0.4 is 0 Å². The molecule has 0 radical (unpaired) electrons. The van der Waals surface area contributed by atoms with Crippen molar-refractivity contribution in [3.05, 3.63) is 55.2 Å². The number of carboxylic acids is 1. The molecular formula is C13H9Cl3O2S. The van der Waals surface area contributed by atoms with Crippen LogP contribution in [0.4, 0.5) is 0 Å². The van der Waals surface area contributed by atoms with Crippen LogP contribution in [0.5, 0.6) is 0 Å². The van der Waals surface area contributed by atoms with E-state index in [9.17, 15) is 9.90 Å². The second-order valence-electron chi connectivity index (χ2n) is 3.94. The molecule has 2 rings (SSSR count). The topological polar surface area (TPSA) is 37.3 Å². The largest absolute Gasteiger partial charge is 0.481 e. The fourth-order valence-electron chi connectivity index (χ4n) is 1.76. The third-order valence-electron chi connectivity index (χ3n) is 2.71. The van der Waals surface area contributed by atoms with Crippen LogP contribution in [-0.4, -0.2) is 11.1 Å². The molecule has 0 saturated carbocycles. The summed E-state index contributed by atoms with van der Waals surface area (Å²) in [4.78, 5) is 12.1. The molecule has 1 aromatic heterocycles. The Labute approximate surface area is 129 Å². The number of halogens is 3. The average molecular weight is 336 g/mol. The van der Waals surface area contributed by atoms with Crippen molar-refractivity contribution in [3.63, 3.8) is 0 Å². The van der Waals surface area contributed by atoms with Crippen LogP contribution in [0.2, 0.25) is 14.4 Å². The summed E-state index contributed by atoms with van der Waals surface area (Å²) in [5.41, 5.74) is 0.641. The lowest BCUT2D eigenvalue weighted by Crippen LogP contribution is -2.13. The van der Waals surface area contributed by atoms with Gasteiger partial charge in [0.1, 0.15) is 0 Å². The van der Waals surface area contributed by atoms with E-state index in [1.165, 1.54) is 11.3 Å². The standard InChI is InChI=1S/C13H9Cl3O2S/c14-9-2-1-3-10(15)7(9)6-8(13(17)18)11-4-5-12(16)19-11/h1-5,8H,6H2,(H,17,18). The fraction of sp³-hybridized carbons (Fsp3) is 0.154. The Morgan fingerprint density at radius 2 is 1.79 bits per heavy atom. The molecule has 2 aromatic rings. The number of carbonyl (C=O) groups is 1. The van der Waals surface area contributed by atoms with Crippen molar-refractivity contribution in [1.82, 2.24) is 0 Å². The highest BCUT2D eigenvalue weighted by Gasteiger charge is 2.24. The first-order valence-electron chi connectivity index (χ1n) is 5.40. The van der Waals surface area contributed by atoms with Gasteiger partial charge in [-0.1, -0.05) is 40.9 Å². The second-order valence-corrected chi connectivity index (χ2v) is 6.50. The Kier molecular flexibility index (Phi) is 4.74. The summed E-state index contributed by atoms with van der Waals surface area (Å²) in [6.07, 6.45) is 0.241. The van der Waals surface area contributed by atoms with Crippen LogP contribution in [0, 0.1) is 0 Å². The molecule has 1 unspecified atom stereocenters. The van der Waals surface area contributed by atoms with Gasteiger partial charge < -0.3 is 5.11 Å². The van der Waals surface area contributed by atoms with E-state index in [2.05, 4.69) is 0 Å². The highest BCUT2D eigenvalue weighted by Crippen LogP contribution is 2.34. The van der Waals surface area contributed by atoms with E-state index in [1.54, 1.807) is 30.3 Å². The lowest BCUT2D eigenvalue weighted by molar-refractivity contribution is -0.138. The number of thiophene rings is 1. The van der Waals surface area contributed by atoms with Gasteiger partial charge >= 0.3 is 5.97 Å². The molecule has 0 fully saturated rings. The van der Waals surface area contributed by atoms with Crippen LogP contribution in [0.1, 0.15) is 16.4 Å². The van der Waals surface area contributed by atoms with E-state index < -0.39 is 11.9 Å². The Hall–Kier alpha value is -0.740. The number of hydrogen-bond acceptors (Lipinski definition) is 2.